The Morgan fingerprint density at radius 1 is 1.56 bits per heavy atom. The minimum absolute atomic E-state index is 0.185. The van der Waals surface area contributed by atoms with E-state index < -0.39 is 0 Å². The summed E-state index contributed by atoms with van der Waals surface area (Å²) in [6.07, 6.45) is 1.15. The second-order valence-electron chi connectivity index (χ2n) is 4.03. The molecule has 1 heterocycles. The number of nitrogens with two attached hydrogens (primary N) is 1. The van der Waals surface area contributed by atoms with Gasteiger partial charge in [0.25, 0.3) is 0 Å². The Hall–Kier alpha value is -1.73. The van der Waals surface area contributed by atoms with Crippen LogP contribution in [0, 0.1) is 11.3 Å². The van der Waals surface area contributed by atoms with Gasteiger partial charge in [-0.25, -0.2) is 0 Å². The van der Waals surface area contributed by atoms with E-state index in [0.717, 1.165) is 18.7 Å². The van der Waals surface area contributed by atoms with Crippen LogP contribution >= 0.6 is 0 Å². The molecular formula is C12H15N3O. The number of ether oxygens (including phenoxy) is 1. The Morgan fingerprint density at radius 2 is 2.38 bits per heavy atom. The van der Waals surface area contributed by atoms with Gasteiger partial charge in [-0.05, 0) is 31.5 Å². The molecule has 3 N–H and O–H groups in total. The Bertz CT molecular complexity index is 425. The summed E-state index contributed by atoms with van der Waals surface area (Å²) in [7, 11) is 0. The molecule has 0 aromatic heterocycles. The minimum atomic E-state index is 0.185. The molecule has 2 unspecified atom stereocenters. The summed E-state index contributed by atoms with van der Waals surface area (Å²) in [4.78, 5) is 0. The van der Waals surface area contributed by atoms with Crippen LogP contribution < -0.4 is 11.1 Å². The maximum absolute atomic E-state index is 8.82. The van der Waals surface area contributed by atoms with E-state index in [4.69, 9.17) is 15.7 Å². The van der Waals surface area contributed by atoms with E-state index in [-0.39, 0.29) is 12.1 Å². The predicted octanol–water partition coefficient (Wildman–Crippen LogP) is 1.73. The van der Waals surface area contributed by atoms with Crippen molar-refractivity contribution in [2.24, 2.45) is 0 Å². The van der Waals surface area contributed by atoms with Gasteiger partial charge >= 0.3 is 0 Å². The lowest BCUT2D eigenvalue weighted by atomic mass is 10.1. The number of nitrogen functional groups attached to an aromatic ring is 1. The van der Waals surface area contributed by atoms with Gasteiger partial charge in [0, 0.05) is 6.61 Å². The lowest BCUT2D eigenvalue weighted by Gasteiger charge is -2.18. The number of hydrogen-bond acceptors (Lipinski definition) is 4. The van der Waals surface area contributed by atoms with Gasteiger partial charge in [-0.1, -0.05) is 0 Å². The first-order valence-electron chi connectivity index (χ1n) is 5.38. The van der Waals surface area contributed by atoms with E-state index in [1.165, 1.54) is 0 Å². The first-order valence-corrected chi connectivity index (χ1v) is 5.38. The number of rotatable bonds is 2. The van der Waals surface area contributed by atoms with Crippen LogP contribution in [0.1, 0.15) is 18.9 Å². The van der Waals surface area contributed by atoms with Crippen molar-refractivity contribution >= 4 is 11.4 Å². The number of nitrogens with zero attached hydrogens (tertiary/aromatic N) is 1. The van der Waals surface area contributed by atoms with Crippen molar-refractivity contribution < 1.29 is 4.74 Å². The molecule has 2 rings (SSSR count). The van der Waals surface area contributed by atoms with Gasteiger partial charge in [0.2, 0.25) is 0 Å². The van der Waals surface area contributed by atoms with E-state index in [1.54, 1.807) is 18.2 Å². The van der Waals surface area contributed by atoms with Crippen molar-refractivity contribution in [2.75, 3.05) is 17.7 Å². The molecule has 84 valence electrons. The third kappa shape index (κ3) is 2.10. The van der Waals surface area contributed by atoms with Crippen LogP contribution in [-0.4, -0.2) is 18.8 Å². The molecule has 1 fully saturated rings. The molecule has 0 saturated carbocycles. The van der Waals surface area contributed by atoms with E-state index in [2.05, 4.69) is 11.4 Å². The highest BCUT2D eigenvalue weighted by Crippen LogP contribution is 2.24. The predicted molar refractivity (Wildman–Crippen MR) is 63.0 cm³/mol. The second-order valence-corrected chi connectivity index (χ2v) is 4.03. The Labute approximate surface area is 95.0 Å². The van der Waals surface area contributed by atoms with Gasteiger partial charge in [0.1, 0.15) is 0 Å². The zero-order valence-corrected chi connectivity index (χ0v) is 9.23. The third-order valence-electron chi connectivity index (χ3n) is 2.90. The van der Waals surface area contributed by atoms with Gasteiger partial charge in [-0.2, -0.15) is 5.26 Å². The lowest BCUT2D eigenvalue weighted by molar-refractivity contribution is 0.121. The molecule has 1 saturated heterocycles. The summed E-state index contributed by atoms with van der Waals surface area (Å²) < 4.78 is 5.47. The molecule has 16 heavy (non-hydrogen) atoms. The van der Waals surface area contributed by atoms with Crippen molar-refractivity contribution in [3.63, 3.8) is 0 Å². The maximum atomic E-state index is 8.82. The standard InChI is InChI=1S/C12H15N3O/c1-8-11(4-5-16-8)15-12-6-9(7-13)2-3-10(12)14/h2-3,6,8,11,15H,4-5,14H2,1H3. The molecule has 0 aliphatic carbocycles. The number of benzene rings is 1. The quantitative estimate of drug-likeness (QED) is 0.740. The average molecular weight is 217 g/mol. The van der Waals surface area contributed by atoms with Crippen LogP contribution in [0.15, 0.2) is 18.2 Å². The zero-order valence-electron chi connectivity index (χ0n) is 9.23. The van der Waals surface area contributed by atoms with E-state index >= 15 is 0 Å². The van der Waals surface area contributed by atoms with Crippen molar-refractivity contribution in [1.29, 1.82) is 5.26 Å². The summed E-state index contributed by atoms with van der Waals surface area (Å²) in [5.41, 5.74) is 7.95. The molecule has 0 bridgehead atoms. The molecule has 4 nitrogen and oxygen atoms in total. The molecule has 4 heteroatoms. The van der Waals surface area contributed by atoms with Crippen LogP contribution in [0.3, 0.4) is 0 Å². The monoisotopic (exact) mass is 217 g/mol. The molecule has 1 aliphatic rings. The van der Waals surface area contributed by atoms with Gasteiger partial charge in [-0.15, -0.1) is 0 Å². The molecule has 2 atom stereocenters. The number of nitrogens with one attached hydrogen (secondary N) is 1. The van der Waals surface area contributed by atoms with Gasteiger partial charge in [0.05, 0.1) is 35.2 Å². The third-order valence-corrected chi connectivity index (χ3v) is 2.90. The van der Waals surface area contributed by atoms with E-state index in [1.807, 2.05) is 6.92 Å². The van der Waals surface area contributed by atoms with Gasteiger partial charge in [0.15, 0.2) is 0 Å². The molecule has 1 aromatic rings. The largest absolute Gasteiger partial charge is 0.397 e. The molecule has 1 aromatic carbocycles. The van der Waals surface area contributed by atoms with E-state index in [0.29, 0.717) is 11.3 Å². The second kappa shape index (κ2) is 4.42. The molecule has 0 radical (unpaired) electrons. The Morgan fingerprint density at radius 3 is 3.00 bits per heavy atom. The van der Waals surface area contributed by atoms with Crippen LogP contribution in [0.4, 0.5) is 11.4 Å². The molecule has 0 spiro atoms. The van der Waals surface area contributed by atoms with Crippen molar-refractivity contribution in [2.45, 2.75) is 25.5 Å². The van der Waals surface area contributed by atoms with Crippen LogP contribution in [-0.2, 0) is 4.74 Å². The lowest BCUT2D eigenvalue weighted by Crippen LogP contribution is -2.27. The van der Waals surface area contributed by atoms with Gasteiger partial charge < -0.3 is 15.8 Å². The zero-order chi connectivity index (χ0) is 11.5. The summed E-state index contributed by atoms with van der Waals surface area (Å²) in [6, 6.07) is 7.63. The fraction of sp³-hybridized carbons (Fsp3) is 0.417. The SMILES string of the molecule is CC1OCCC1Nc1cc(C#N)ccc1N. The highest BCUT2D eigenvalue weighted by atomic mass is 16.5. The van der Waals surface area contributed by atoms with E-state index in [9.17, 15) is 0 Å². The number of anilines is 2. The highest BCUT2D eigenvalue weighted by molar-refractivity contribution is 5.68. The number of hydrogen-bond donors (Lipinski definition) is 2. The first kappa shape index (κ1) is 10.8. The van der Waals surface area contributed by atoms with Crippen LogP contribution in [0.5, 0.6) is 0 Å². The molecular weight excluding hydrogens is 202 g/mol. The first-order chi connectivity index (χ1) is 7.70. The maximum Gasteiger partial charge on any atom is 0.0992 e. The summed E-state index contributed by atoms with van der Waals surface area (Å²) in [6.45, 7) is 2.81. The average Bonchev–Trinajstić information content (AvgIpc) is 2.68. The Kier molecular flexibility index (Phi) is 2.97. The van der Waals surface area contributed by atoms with Crippen molar-refractivity contribution in [1.82, 2.24) is 0 Å². The summed E-state index contributed by atoms with van der Waals surface area (Å²) in [5, 5.41) is 12.2. The normalized spacial score (nSPS) is 24.0. The highest BCUT2D eigenvalue weighted by Gasteiger charge is 2.24. The molecule has 1 aliphatic heterocycles. The minimum Gasteiger partial charge on any atom is -0.397 e. The Balaban J connectivity index is 2.17. The van der Waals surface area contributed by atoms with Crippen LogP contribution in [0.2, 0.25) is 0 Å². The van der Waals surface area contributed by atoms with Crippen molar-refractivity contribution in [3.8, 4) is 6.07 Å². The molecule has 0 amide bonds. The summed E-state index contributed by atoms with van der Waals surface area (Å²) >= 11 is 0. The number of nitriles is 1. The fourth-order valence-electron chi connectivity index (χ4n) is 1.87. The fourth-order valence-corrected chi connectivity index (χ4v) is 1.87. The topological polar surface area (TPSA) is 71.1 Å². The van der Waals surface area contributed by atoms with Crippen LogP contribution in [0.25, 0.3) is 0 Å². The summed E-state index contributed by atoms with van der Waals surface area (Å²) in [5.74, 6) is 0. The smallest absolute Gasteiger partial charge is 0.0992 e. The van der Waals surface area contributed by atoms with Gasteiger partial charge in [-0.3, -0.25) is 0 Å². The van der Waals surface area contributed by atoms with Crippen molar-refractivity contribution in [3.05, 3.63) is 23.8 Å².